The molecule has 0 saturated heterocycles. The van der Waals surface area contributed by atoms with E-state index < -0.39 is 11.6 Å². The summed E-state index contributed by atoms with van der Waals surface area (Å²) in [7, 11) is 1.35. The summed E-state index contributed by atoms with van der Waals surface area (Å²) < 4.78 is 12.4. The third-order valence-corrected chi connectivity index (χ3v) is 5.61. The Labute approximate surface area is 199 Å². The zero-order valence-corrected chi connectivity index (χ0v) is 21.1. The highest BCUT2D eigenvalue weighted by Crippen LogP contribution is 2.32. The molecule has 0 aliphatic rings. The number of hydrogen-bond donors (Lipinski definition) is 2. The number of hydrogen-bond acceptors (Lipinski definition) is 8. The molecule has 182 valence electrons. The number of esters is 1. The smallest absolute Gasteiger partial charge is 0.307 e. The van der Waals surface area contributed by atoms with Gasteiger partial charge in [0.15, 0.2) is 11.0 Å². The van der Waals surface area contributed by atoms with Crippen molar-refractivity contribution in [2.45, 2.75) is 75.7 Å². The van der Waals surface area contributed by atoms with Crippen LogP contribution in [0.3, 0.4) is 0 Å². The maximum Gasteiger partial charge on any atom is 0.307 e. The quantitative estimate of drug-likeness (QED) is 0.374. The van der Waals surface area contributed by atoms with Crippen molar-refractivity contribution in [1.29, 1.82) is 0 Å². The van der Waals surface area contributed by atoms with Gasteiger partial charge >= 0.3 is 5.97 Å². The monoisotopic (exact) mass is 477 g/mol. The van der Waals surface area contributed by atoms with Gasteiger partial charge < -0.3 is 25.1 Å². The van der Waals surface area contributed by atoms with Crippen LogP contribution in [0.15, 0.2) is 35.5 Å². The molecule has 2 rings (SSSR count). The molecule has 1 aromatic heterocycles. The molecule has 0 spiro atoms. The van der Waals surface area contributed by atoms with Crippen molar-refractivity contribution >= 4 is 23.6 Å². The van der Waals surface area contributed by atoms with Crippen molar-refractivity contribution in [3.05, 3.63) is 41.7 Å². The van der Waals surface area contributed by atoms with Gasteiger partial charge in [-0.15, -0.1) is 10.2 Å². The van der Waals surface area contributed by atoms with Gasteiger partial charge in [0.25, 0.3) is 0 Å². The topological polar surface area (TPSA) is 121 Å². The van der Waals surface area contributed by atoms with Crippen LogP contribution < -0.4 is 11.1 Å². The van der Waals surface area contributed by atoms with Gasteiger partial charge in [0, 0.05) is 11.3 Å². The summed E-state index contributed by atoms with van der Waals surface area (Å²) in [6.07, 6.45) is 0.146. The first-order valence-electron chi connectivity index (χ1n) is 10.8. The number of nitrogens with two attached hydrogens (primary N) is 1. The minimum atomic E-state index is -1.09. The van der Waals surface area contributed by atoms with E-state index in [1.54, 1.807) is 13.8 Å². The molecule has 1 aromatic carbocycles. The van der Waals surface area contributed by atoms with Crippen LogP contribution in [0.25, 0.3) is 0 Å². The summed E-state index contributed by atoms with van der Waals surface area (Å²) in [4.78, 5) is 24.5. The van der Waals surface area contributed by atoms with Gasteiger partial charge in [-0.25, -0.2) is 0 Å². The Balaban J connectivity index is 2.33. The molecule has 1 amide bonds. The SMILES string of the molecule is COC(=O)CCn1c(SC(C)(C)C)nnc1[C@@H](COCc1ccccc1)NC(=O)C(C)(C)N. The number of ether oxygens (including phenoxy) is 2. The van der Waals surface area contributed by atoms with Crippen LogP contribution in [0.5, 0.6) is 0 Å². The van der Waals surface area contributed by atoms with Crippen molar-refractivity contribution in [3.8, 4) is 0 Å². The molecule has 1 heterocycles. The van der Waals surface area contributed by atoms with E-state index >= 15 is 0 Å². The first kappa shape index (κ1) is 26.8. The second kappa shape index (κ2) is 11.6. The molecule has 0 radical (unpaired) electrons. The number of benzene rings is 1. The second-order valence-electron chi connectivity index (χ2n) is 9.28. The zero-order valence-electron chi connectivity index (χ0n) is 20.3. The molecule has 0 fully saturated rings. The predicted octanol–water partition coefficient (Wildman–Crippen LogP) is 2.84. The Kier molecular flexibility index (Phi) is 9.45. The number of rotatable bonds is 11. The summed E-state index contributed by atoms with van der Waals surface area (Å²) in [6, 6.07) is 9.14. The predicted molar refractivity (Wildman–Crippen MR) is 128 cm³/mol. The normalized spacial score (nSPS) is 12.9. The Hall–Kier alpha value is -2.43. The fourth-order valence-electron chi connectivity index (χ4n) is 2.82. The van der Waals surface area contributed by atoms with Crippen LogP contribution in [0.1, 0.15) is 58.5 Å². The van der Waals surface area contributed by atoms with Gasteiger partial charge in [-0.3, -0.25) is 9.59 Å². The van der Waals surface area contributed by atoms with Crippen LogP contribution in [-0.4, -0.2) is 50.6 Å². The number of nitrogens with zero attached hydrogens (tertiary/aromatic N) is 3. The summed E-state index contributed by atoms with van der Waals surface area (Å²) in [6.45, 7) is 10.3. The van der Waals surface area contributed by atoms with Crippen molar-refractivity contribution in [2.75, 3.05) is 13.7 Å². The number of thioether (sulfide) groups is 1. The average molecular weight is 478 g/mol. The van der Waals surface area contributed by atoms with Crippen LogP contribution in [0.4, 0.5) is 0 Å². The van der Waals surface area contributed by atoms with E-state index in [1.165, 1.54) is 18.9 Å². The first-order valence-corrected chi connectivity index (χ1v) is 11.6. The molecular formula is C23H35N5O4S. The third kappa shape index (κ3) is 8.79. The highest BCUT2D eigenvalue weighted by Gasteiger charge is 2.30. The van der Waals surface area contributed by atoms with E-state index in [2.05, 4.69) is 36.3 Å². The number of aromatic nitrogens is 3. The summed E-state index contributed by atoms with van der Waals surface area (Å²) in [5.41, 5.74) is 5.93. The summed E-state index contributed by atoms with van der Waals surface area (Å²) >= 11 is 1.53. The second-order valence-corrected chi connectivity index (χ2v) is 11.1. The minimum absolute atomic E-state index is 0.130. The highest BCUT2D eigenvalue weighted by molar-refractivity contribution is 8.00. The molecule has 9 nitrogen and oxygen atoms in total. The fraction of sp³-hybridized carbons (Fsp3) is 0.565. The molecule has 33 heavy (non-hydrogen) atoms. The molecule has 1 atom stereocenters. The fourth-order valence-corrected chi connectivity index (χ4v) is 3.74. The van der Waals surface area contributed by atoms with E-state index in [0.717, 1.165) is 5.56 Å². The van der Waals surface area contributed by atoms with Gasteiger partial charge in [0.1, 0.15) is 6.04 Å². The van der Waals surface area contributed by atoms with E-state index in [1.807, 2.05) is 34.9 Å². The van der Waals surface area contributed by atoms with Gasteiger partial charge in [0.2, 0.25) is 5.91 Å². The number of amides is 1. The Bertz CT molecular complexity index is 919. The van der Waals surface area contributed by atoms with Crippen LogP contribution >= 0.6 is 11.8 Å². The minimum Gasteiger partial charge on any atom is -0.469 e. The van der Waals surface area contributed by atoms with Crippen LogP contribution in [0, 0.1) is 0 Å². The number of carbonyl (C=O) groups is 2. The van der Waals surface area contributed by atoms with E-state index in [0.29, 0.717) is 24.1 Å². The molecule has 0 aliphatic carbocycles. The maximum atomic E-state index is 12.7. The van der Waals surface area contributed by atoms with Crippen molar-refractivity contribution < 1.29 is 19.1 Å². The van der Waals surface area contributed by atoms with E-state index in [-0.39, 0.29) is 29.7 Å². The summed E-state index contributed by atoms with van der Waals surface area (Å²) in [5, 5.41) is 12.3. The Morgan fingerprint density at radius 3 is 2.39 bits per heavy atom. The molecule has 0 aliphatic heterocycles. The molecule has 10 heteroatoms. The Morgan fingerprint density at radius 1 is 1.15 bits per heavy atom. The van der Waals surface area contributed by atoms with Gasteiger partial charge in [-0.05, 0) is 19.4 Å². The first-order chi connectivity index (χ1) is 15.4. The van der Waals surface area contributed by atoms with Gasteiger partial charge in [0.05, 0.1) is 32.3 Å². The van der Waals surface area contributed by atoms with Gasteiger partial charge in [-0.1, -0.05) is 62.9 Å². The molecule has 3 N–H and O–H groups in total. The molecule has 0 saturated carbocycles. The van der Waals surface area contributed by atoms with Crippen LogP contribution in [0.2, 0.25) is 0 Å². The van der Waals surface area contributed by atoms with Crippen molar-refractivity contribution in [1.82, 2.24) is 20.1 Å². The maximum absolute atomic E-state index is 12.7. The summed E-state index contributed by atoms with van der Waals surface area (Å²) in [5.74, 6) is -0.190. The van der Waals surface area contributed by atoms with Crippen molar-refractivity contribution in [3.63, 3.8) is 0 Å². The molecule has 2 aromatic rings. The lowest BCUT2D eigenvalue weighted by molar-refractivity contribution is -0.141. The molecular weight excluding hydrogens is 442 g/mol. The van der Waals surface area contributed by atoms with E-state index in [4.69, 9.17) is 15.2 Å². The number of carbonyl (C=O) groups excluding carboxylic acids is 2. The van der Waals surface area contributed by atoms with Gasteiger partial charge in [-0.2, -0.15) is 0 Å². The number of methoxy groups -OCH3 is 1. The number of nitrogens with one attached hydrogen (secondary N) is 1. The largest absolute Gasteiger partial charge is 0.469 e. The van der Waals surface area contributed by atoms with Crippen LogP contribution in [-0.2, 0) is 32.2 Å². The molecule has 0 unspecified atom stereocenters. The zero-order chi connectivity index (χ0) is 24.6. The lowest BCUT2D eigenvalue weighted by atomic mass is 10.1. The van der Waals surface area contributed by atoms with E-state index in [9.17, 15) is 9.59 Å². The standard InChI is InChI=1S/C23H35N5O4S/c1-22(2,3)33-21-27-26-19(28(21)13-12-18(29)31-6)17(25-20(30)23(4,5)24)15-32-14-16-10-8-7-9-11-16/h7-11,17H,12-15,24H2,1-6H3,(H,25,30)/t17-/m1/s1. The molecule has 0 bridgehead atoms. The third-order valence-electron chi connectivity index (χ3n) is 4.51. The average Bonchev–Trinajstić information content (AvgIpc) is 3.11. The lowest BCUT2D eigenvalue weighted by Gasteiger charge is -2.25. The lowest BCUT2D eigenvalue weighted by Crippen LogP contribution is -2.51. The van der Waals surface area contributed by atoms with Crippen molar-refractivity contribution in [2.24, 2.45) is 5.73 Å². The Morgan fingerprint density at radius 2 is 1.82 bits per heavy atom. The highest BCUT2D eigenvalue weighted by atomic mass is 32.2.